The smallest absolute Gasteiger partial charge is 0.221 e. The summed E-state index contributed by atoms with van der Waals surface area (Å²) < 4.78 is 2.28. The van der Waals surface area contributed by atoms with Gasteiger partial charge in [0.15, 0.2) is 0 Å². The second kappa shape index (κ2) is 7.36. The molecule has 0 unspecified atom stereocenters. The molecule has 6 heteroatoms. The maximum Gasteiger partial charge on any atom is 0.221 e. The number of hydrogen-bond acceptors (Lipinski definition) is 3. The van der Waals surface area contributed by atoms with Crippen LogP contribution in [-0.4, -0.2) is 33.4 Å². The first-order valence-corrected chi connectivity index (χ1v) is 8.67. The minimum absolute atomic E-state index is 0.0520. The number of rotatable bonds is 5. The Bertz CT molecular complexity index is 741. The molecule has 2 heterocycles. The minimum atomic E-state index is 0.0520. The lowest BCUT2D eigenvalue weighted by Crippen LogP contribution is -2.37. The molecule has 128 valence electrons. The predicted molar refractivity (Wildman–Crippen MR) is 94.9 cm³/mol. The Morgan fingerprint density at radius 3 is 2.88 bits per heavy atom. The molecule has 24 heavy (non-hydrogen) atoms. The van der Waals surface area contributed by atoms with E-state index >= 15 is 0 Å². The normalized spacial score (nSPS) is 14.5. The third kappa shape index (κ3) is 3.79. The van der Waals surface area contributed by atoms with E-state index in [-0.39, 0.29) is 5.91 Å². The Labute approximate surface area is 147 Å². The van der Waals surface area contributed by atoms with E-state index in [0.717, 1.165) is 43.3 Å². The second-order valence-electron chi connectivity index (χ2n) is 6.24. The van der Waals surface area contributed by atoms with Crippen LogP contribution in [0, 0.1) is 13.8 Å². The largest absolute Gasteiger partial charge is 0.352 e. The molecule has 0 aliphatic carbocycles. The van der Waals surface area contributed by atoms with Gasteiger partial charge < -0.3 is 9.88 Å². The van der Waals surface area contributed by atoms with E-state index in [1.165, 1.54) is 5.69 Å². The molecule has 5 nitrogen and oxygen atoms in total. The molecule has 1 aromatic heterocycles. The van der Waals surface area contributed by atoms with Crippen molar-refractivity contribution < 1.29 is 4.79 Å². The van der Waals surface area contributed by atoms with Crippen molar-refractivity contribution in [2.45, 2.75) is 39.9 Å². The number of amides is 1. The van der Waals surface area contributed by atoms with Gasteiger partial charge in [-0.1, -0.05) is 29.8 Å². The fraction of sp³-hybridized carbons (Fsp3) is 0.444. The predicted octanol–water partition coefficient (Wildman–Crippen LogP) is 2.68. The summed E-state index contributed by atoms with van der Waals surface area (Å²) in [7, 11) is 0. The van der Waals surface area contributed by atoms with Gasteiger partial charge in [-0.2, -0.15) is 0 Å². The number of fused-ring (bicyclic) bond motifs is 1. The molecular weight excluding hydrogens is 324 g/mol. The minimum Gasteiger partial charge on any atom is -0.352 e. The van der Waals surface area contributed by atoms with Gasteiger partial charge in [0.05, 0.1) is 12.2 Å². The third-order valence-electron chi connectivity index (χ3n) is 4.63. The van der Waals surface area contributed by atoms with E-state index in [1.807, 2.05) is 31.2 Å². The van der Waals surface area contributed by atoms with Crippen molar-refractivity contribution in [3.8, 4) is 0 Å². The van der Waals surface area contributed by atoms with Gasteiger partial charge in [-0.3, -0.25) is 9.69 Å². The van der Waals surface area contributed by atoms with Crippen LogP contribution in [0.2, 0.25) is 5.02 Å². The summed E-state index contributed by atoms with van der Waals surface area (Å²) in [4.78, 5) is 19.0. The molecule has 0 saturated heterocycles. The molecule has 1 amide bonds. The molecule has 1 aliphatic heterocycles. The number of carbonyl (C=O) groups excluding carboxylic acids is 1. The van der Waals surface area contributed by atoms with Crippen molar-refractivity contribution in [2.75, 3.05) is 13.1 Å². The van der Waals surface area contributed by atoms with Crippen LogP contribution in [0.15, 0.2) is 24.3 Å². The quantitative estimate of drug-likeness (QED) is 0.905. The van der Waals surface area contributed by atoms with Gasteiger partial charge in [0.25, 0.3) is 0 Å². The lowest BCUT2D eigenvalue weighted by molar-refractivity contribution is -0.121. The Morgan fingerprint density at radius 1 is 1.29 bits per heavy atom. The average Bonchev–Trinajstić information content (AvgIpc) is 2.86. The number of nitrogens with one attached hydrogen (secondary N) is 1. The zero-order valence-electron chi connectivity index (χ0n) is 14.2. The highest BCUT2D eigenvalue weighted by molar-refractivity contribution is 6.31. The van der Waals surface area contributed by atoms with E-state index in [4.69, 9.17) is 11.6 Å². The molecule has 0 atom stereocenters. The van der Waals surface area contributed by atoms with Gasteiger partial charge in [0.2, 0.25) is 5.91 Å². The molecule has 1 aliphatic rings. The zero-order valence-corrected chi connectivity index (χ0v) is 14.9. The number of aromatic nitrogens is 2. The first-order chi connectivity index (χ1) is 11.5. The number of carbonyl (C=O) groups is 1. The molecule has 0 saturated carbocycles. The molecule has 3 rings (SSSR count). The Kier molecular flexibility index (Phi) is 5.21. The molecular formula is C18H23ClN4O. The lowest BCUT2D eigenvalue weighted by Gasteiger charge is -2.27. The highest BCUT2D eigenvalue weighted by atomic mass is 35.5. The van der Waals surface area contributed by atoms with E-state index < -0.39 is 0 Å². The molecule has 0 spiro atoms. The number of benzene rings is 1. The molecule has 0 bridgehead atoms. The summed E-state index contributed by atoms with van der Waals surface area (Å²) in [6.45, 7) is 8.11. The highest BCUT2D eigenvalue weighted by Crippen LogP contribution is 2.17. The fourth-order valence-electron chi connectivity index (χ4n) is 3.04. The molecule has 1 aromatic carbocycles. The van der Waals surface area contributed by atoms with Crippen LogP contribution in [0.3, 0.4) is 0 Å². The van der Waals surface area contributed by atoms with Gasteiger partial charge in [-0.25, -0.2) is 4.98 Å². The molecule has 0 radical (unpaired) electrons. The third-order valence-corrected chi connectivity index (χ3v) is 5.00. The maximum absolute atomic E-state index is 12.1. The van der Waals surface area contributed by atoms with Crippen LogP contribution < -0.4 is 5.32 Å². The van der Waals surface area contributed by atoms with Crippen LogP contribution in [0.4, 0.5) is 0 Å². The first-order valence-electron chi connectivity index (χ1n) is 8.29. The van der Waals surface area contributed by atoms with Crippen molar-refractivity contribution in [2.24, 2.45) is 0 Å². The second-order valence-corrected chi connectivity index (χ2v) is 6.65. The van der Waals surface area contributed by atoms with E-state index in [0.29, 0.717) is 18.0 Å². The van der Waals surface area contributed by atoms with Gasteiger partial charge in [0, 0.05) is 43.3 Å². The summed E-state index contributed by atoms with van der Waals surface area (Å²) in [5.41, 5.74) is 3.30. The summed E-state index contributed by atoms with van der Waals surface area (Å²) >= 11 is 6.10. The monoisotopic (exact) mass is 346 g/mol. The van der Waals surface area contributed by atoms with Crippen molar-refractivity contribution >= 4 is 17.5 Å². The van der Waals surface area contributed by atoms with E-state index in [1.54, 1.807) is 0 Å². The summed E-state index contributed by atoms with van der Waals surface area (Å²) in [6, 6.07) is 7.57. The first kappa shape index (κ1) is 17.0. The van der Waals surface area contributed by atoms with Crippen molar-refractivity contribution in [3.63, 3.8) is 0 Å². The highest BCUT2D eigenvalue weighted by Gasteiger charge is 2.20. The van der Waals surface area contributed by atoms with Crippen molar-refractivity contribution in [1.29, 1.82) is 0 Å². The SMILES string of the molecule is Cc1nc2n(c1C)CCN(CCC(=O)NCc1ccccc1Cl)C2. The zero-order chi connectivity index (χ0) is 17.1. The van der Waals surface area contributed by atoms with Crippen molar-refractivity contribution in [3.05, 3.63) is 52.1 Å². The molecule has 1 N–H and O–H groups in total. The Hall–Kier alpha value is -1.85. The van der Waals surface area contributed by atoms with E-state index in [2.05, 4.69) is 26.7 Å². The Balaban J connectivity index is 1.46. The maximum atomic E-state index is 12.1. The van der Waals surface area contributed by atoms with Gasteiger partial charge in [-0.05, 0) is 25.5 Å². The molecule has 2 aromatic rings. The number of nitrogens with zero attached hydrogens (tertiary/aromatic N) is 3. The summed E-state index contributed by atoms with van der Waals surface area (Å²) in [5, 5.41) is 3.63. The summed E-state index contributed by atoms with van der Waals surface area (Å²) in [6.07, 6.45) is 0.489. The van der Waals surface area contributed by atoms with Crippen LogP contribution in [0.25, 0.3) is 0 Å². The van der Waals surface area contributed by atoms with Crippen LogP contribution in [-0.2, 0) is 24.4 Å². The lowest BCUT2D eigenvalue weighted by atomic mass is 10.2. The van der Waals surface area contributed by atoms with E-state index in [9.17, 15) is 4.79 Å². The molecule has 0 fully saturated rings. The average molecular weight is 347 g/mol. The van der Waals surface area contributed by atoms with Crippen LogP contribution in [0.5, 0.6) is 0 Å². The standard InChI is InChI=1S/C18H23ClN4O/c1-13-14(2)23-10-9-22(12-17(23)21-13)8-7-18(24)20-11-15-5-3-4-6-16(15)19/h3-6H,7-12H2,1-2H3,(H,20,24). The Morgan fingerprint density at radius 2 is 2.08 bits per heavy atom. The van der Waals surface area contributed by atoms with Crippen molar-refractivity contribution in [1.82, 2.24) is 19.8 Å². The number of halogens is 1. The van der Waals surface area contributed by atoms with Gasteiger partial charge in [-0.15, -0.1) is 0 Å². The van der Waals surface area contributed by atoms with Crippen LogP contribution in [0.1, 0.15) is 29.2 Å². The van der Waals surface area contributed by atoms with Gasteiger partial charge >= 0.3 is 0 Å². The number of aryl methyl sites for hydroxylation is 1. The summed E-state index contributed by atoms with van der Waals surface area (Å²) in [5.74, 6) is 1.16. The topological polar surface area (TPSA) is 50.2 Å². The van der Waals surface area contributed by atoms with Crippen LogP contribution >= 0.6 is 11.6 Å². The van der Waals surface area contributed by atoms with Gasteiger partial charge in [0.1, 0.15) is 5.82 Å². The number of hydrogen-bond donors (Lipinski definition) is 1. The number of imidazole rings is 1. The fourth-order valence-corrected chi connectivity index (χ4v) is 3.24.